The fourth-order valence-corrected chi connectivity index (χ4v) is 2.19. The molecule has 3 N–H and O–H groups in total. The Morgan fingerprint density at radius 3 is 2.75 bits per heavy atom. The van der Waals surface area contributed by atoms with Gasteiger partial charge < -0.3 is 11.1 Å². The molecule has 2 aromatic rings. The smallest absolute Gasteiger partial charge is 0.246 e. The minimum Gasteiger partial charge on any atom is -0.322 e. The first-order chi connectivity index (χ1) is 9.40. The van der Waals surface area contributed by atoms with Crippen molar-refractivity contribution < 1.29 is 4.79 Å². The Kier molecular flexibility index (Phi) is 4.32. The molecule has 0 saturated heterocycles. The van der Waals surface area contributed by atoms with Crippen molar-refractivity contribution in [3.63, 3.8) is 0 Å². The number of nitrogens with two attached hydrogens (primary N) is 1. The van der Waals surface area contributed by atoms with Crippen molar-refractivity contribution in [2.75, 3.05) is 5.32 Å². The highest BCUT2D eigenvalue weighted by Gasteiger charge is 2.20. The Bertz CT molecular complexity index is 654. The molecule has 0 bridgehead atoms. The van der Waals surface area contributed by atoms with Crippen LogP contribution in [-0.4, -0.2) is 15.7 Å². The Hall–Kier alpha value is -1.56. The van der Waals surface area contributed by atoms with E-state index in [1.165, 1.54) is 0 Å². The summed E-state index contributed by atoms with van der Waals surface area (Å²) in [6.07, 6.45) is 3.23. The maximum absolute atomic E-state index is 12.1. The van der Waals surface area contributed by atoms with Gasteiger partial charge in [0.05, 0.1) is 21.9 Å². The van der Waals surface area contributed by atoms with Crippen molar-refractivity contribution >= 4 is 34.8 Å². The molecule has 5 nitrogen and oxygen atoms in total. The van der Waals surface area contributed by atoms with Crippen LogP contribution in [0.5, 0.6) is 0 Å². The quantitative estimate of drug-likeness (QED) is 0.915. The van der Waals surface area contributed by atoms with Crippen molar-refractivity contribution in [3.8, 4) is 0 Å². The van der Waals surface area contributed by atoms with Gasteiger partial charge in [-0.25, -0.2) is 0 Å². The number of rotatable bonds is 3. The number of amides is 1. The van der Waals surface area contributed by atoms with Crippen LogP contribution in [0.25, 0.3) is 0 Å². The van der Waals surface area contributed by atoms with Crippen LogP contribution in [0.1, 0.15) is 17.2 Å². The zero-order chi connectivity index (χ0) is 14.9. The van der Waals surface area contributed by atoms with Crippen LogP contribution in [0.15, 0.2) is 24.5 Å². The van der Waals surface area contributed by atoms with E-state index in [0.29, 0.717) is 21.3 Å². The third-order valence-electron chi connectivity index (χ3n) is 2.90. The second-order valence-electron chi connectivity index (χ2n) is 4.47. The molecule has 0 aliphatic heterocycles. The van der Waals surface area contributed by atoms with Gasteiger partial charge in [0, 0.05) is 18.8 Å². The van der Waals surface area contributed by atoms with Crippen LogP contribution in [0.4, 0.5) is 5.69 Å². The molecule has 1 heterocycles. The lowest BCUT2D eigenvalue weighted by Crippen LogP contribution is -2.27. The van der Waals surface area contributed by atoms with Crippen LogP contribution in [0.3, 0.4) is 0 Å². The summed E-state index contributed by atoms with van der Waals surface area (Å²) in [6.45, 7) is 1.83. The molecular formula is C13H14Cl2N4O. The molecule has 0 radical (unpaired) electrons. The average Bonchev–Trinajstić information content (AvgIpc) is 2.84. The van der Waals surface area contributed by atoms with E-state index in [1.54, 1.807) is 36.3 Å². The fourth-order valence-electron chi connectivity index (χ4n) is 1.72. The number of aryl methyl sites for hydroxylation is 2. The van der Waals surface area contributed by atoms with E-state index in [9.17, 15) is 4.79 Å². The number of nitrogens with one attached hydrogen (secondary N) is 1. The third-order valence-corrected chi connectivity index (χ3v) is 3.70. The third kappa shape index (κ3) is 2.95. The van der Waals surface area contributed by atoms with E-state index in [2.05, 4.69) is 10.4 Å². The Morgan fingerprint density at radius 1 is 1.45 bits per heavy atom. The lowest BCUT2D eigenvalue weighted by molar-refractivity contribution is -0.117. The van der Waals surface area contributed by atoms with Gasteiger partial charge >= 0.3 is 0 Å². The zero-order valence-electron chi connectivity index (χ0n) is 11.0. The van der Waals surface area contributed by atoms with E-state index in [-0.39, 0.29) is 0 Å². The van der Waals surface area contributed by atoms with Crippen LogP contribution in [0, 0.1) is 6.92 Å². The monoisotopic (exact) mass is 312 g/mol. The highest BCUT2D eigenvalue weighted by Crippen LogP contribution is 2.33. The highest BCUT2D eigenvalue weighted by molar-refractivity contribution is 6.40. The molecule has 1 amide bonds. The molecule has 0 fully saturated rings. The lowest BCUT2D eigenvalue weighted by atomic mass is 10.1. The van der Waals surface area contributed by atoms with Crippen molar-refractivity contribution in [1.82, 2.24) is 9.78 Å². The van der Waals surface area contributed by atoms with Crippen molar-refractivity contribution in [1.29, 1.82) is 0 Å². The highest BCUT2D eigenvalue weighted by atomic mass is 35.5. The standard InChI is InChI=1S/C13H14Cl2N4O/c1-7-3-4-9(14)12(10(7)15)18-13(20)11(16)8-5-17-19(2)6-8/h3-6,11H,16H2,1-2H3,(H,18,20). The summed E-state index contributed by atoms with van der Waals surface area (Å²) < 4.78 is 1.58. The van der Waals surface area contributed by atoms with Gasteiger partial charge in [-0.05, 0) is 18.6 Å². The normalized spacial score (nSPS) is 12.2. The molecule has 2 rings (SSSR count). The van der Waals surface area contributed by atoms with Gasteiger partial charge in [-0.15, -0.1) is 0 Å². The van der Waals surface area contributed by atoms with E-state index >= 15 is 0 Å². The second kappa shape index (κ2) is 5.83. The minimum absolute atomic E-state index is 0.368. The number of hydrogen-bond acceptors (Lipinski definition) is 3. The first-order valence-electron chi connectivity index (χ1n) is 5.89. The predicted molar refractivity (Wildman–Crippen MR) is 80.0 cm³/mol. The van der Waals surface area contributed by atoms with E-state index in [1.807, 2.05) is 6.92 Å². The first-order valence-corrected chi connectivity index (χ1v) is 6.65. The van der Waals surface area contributed by atoms with Gasteiger partial charge in [0.2, 0.25) is 5.91 Å². The molecule has 0 saturated carbocycles. The number of carbonyl (C=O) groups excluding carboxylic acids is 1. The Balaban J connectivity index is 2.22. The lowest BCUT2D eigenvalue weighted by Gasteiger charge is -2.14. The number of carbonyl (C=O) groups is 1. The molecule has 1 unspecified atom stereocenters. The number of hydrogen-bond donors (Lipinski definition) is 2. The maximum Gasteiger partial charge on any atom is 0.246 e. The minimum atomic E-state index is -0.837. The SMILES string of the molecule is Cc1ccc(Cl)c(NC(=O)C(N)c2cnn(C)c2)c1Cl. The van der Waals surface area contributed by atoms with Gasteiger partial charge in [-0.2, -0.15) is 5.10 Å². The Morgan fingerprint density at radius 2 is 2.15 bits per heavy atom. The molecule has 0 aliphatic carbocycles. The van der Waals surface area contributed by atoms with Gasteiger partial charge in [0.25, 0.3) is 0 Å². The largest absolute Gasteiger partial charge is 0.322 e. The second-order valence-corrected chi connectivity index (χ2v) is 5.25. The number of anilines is 1. The number of nitrogens with zero attached hydrogens (tertiary/aromatic N) is 2. The summed E-state index contributed by atoms with van der Waals surface area (Å²) in [5.41, 5.74) is 7.70. The molecular weight excluding hydrogens is 299 g/mol. The van der Waals surface area contributed by atoms with Crippen LogP contribution in [0.2, 0.25) is 10.0 Å². The van der Waals surface area contributed by atoms with E-state index in [0.717, 1.165) is 5.56 Å². The molecule has 0 aliphatic rings. The summed E-state index contributed by atoms with van der Waals surface area (Å²) in [4.78, 5) is 12.1. The predicted octanol–water partition coefficient (Wildman–Crippen LogP) is 2.67. The van der Waals surface area contributed by atoms with E-state index < -0.39 is 11.9 Å². The summed E-state index contributed by atoms with van der Waals surface area (Å²) in [5.74, 6) is -0.396. The molecule has 0 spiro atoms. The summed E-state index contributed by atoms with van der Waals surface area (Å²) >= 11 is 12.2. The van der Waals surface area contributed by atoms with Gasteiger partial charge in [0.15, 0.2) is 0 Å². The Labute approximate surface area is 126 Å². The topological polar surface area (TPSA) is 72.9 Å². The molecule has 106 valence electrons. The molecule has 1 aromatic carbocycles. The van der Waals surface area contributed by atoms with E-state index in [4.69, 9.17) is 28.9 Å². The van der Waals surface area contributed by atoms with Crippen molar-refractivity contribution in [2.24, 2.45) is 12.8 Å². The number of benzene rings is 1. The van der Waals surface area contributed by atoms with Gasteiger partial charge in [0.1, 0.15) is 6.04 Å². The summed E-state index contributed by atoms with van der Waals surface area (Å²) in [6, 6.07) is 2.62. The zero-order valence-corrected chi connectivity index (χ0v) is 12.5. The number of aromatic nitrogens is 2. The average molecular weight is 313 g/mol. The molecule has 1 aromatic heterocycles. The van der Waals surface area contributed by atoms with Crippen LogP contribution in [-0.2, 0) is 11.8 Å². The molecule has 20 heavy (non-hydrogen) atoms. The maximum atomic E-state index is 12.1. The molecule has 1 atom stereocenters. The first kappa shape index (κ1) is 14.8. The van der Waals surface area contributed by atoms with Crippen molar-refractivity contribution in [2.45, 2.75) is 13.0 Å². The number of halogens is 2. The summed E-state index contributed by atoms with van der Waals surface area (Å²) in [5, 5.41) is 7.42. The van der Waals surface area contributed by atoms with Gasteiger partial charge in [-0.1, -0.05) is 29.3 Å². The van der Waals surface area contributed by atoms with Gasteiger partial charge in [-0.3, -0.25) is 9.48 Å². The summed E-state index contributed by atoms with van der Waals surface area (Å²) in [7, 11) is 1.75. The van der Waals surface area contributed by atoms with Crippen LogP contribution >= 0.6 is 23.2 Å². The van der Waals surface area contributed by atoms with Crippen LogP contribution < -0.4 is 11.1 Å². The fraction of sp³-hybridized carbons (Fsp3) is 0.231. The van der Waals surface area contributed by atoms with Crippen molar-refractivity contribution in [3.05, 3.63) is 45.7 Å². The molecule has 7 heteroatoms.